The third-order valence-electron chi connectivity index (χ3n) is 4.50. The summed E-state index contributed by atoms with van der Waals surface area (Å²) >= 11 is 0. The van der Waals surface area contributed by atoms with Crippen LogP contribution in [0.2, 0.25) is 0 Å². The Kier molecular flexibility index (Phi) is 4.36. The van der Waals surface area contributed by atoms with E-state index < -0.39 is 0 Å². The zero-order valence-electron chi connectivity index (χ0n) is 12.9. The van der Waals surface area contributed by atoms with Gasteiger partial charge in [-0.15, -0.1) is 0 Å². The van der Waals surface area contributed by atoms with Crippen molar-refractivity contribution in [1.82, 2.24) is 4.90 Å². The van der Waals surface area contributed by atoms with E-state index in [1.807, 2.05) is 29.2 Å². The van der Waals surface area contributed by atoms with E-state index in [-0.39, 0.29) is 17.4 Å². The van der Waals surface area contributed by atoms with Crippen LogP contribution in [0, 0.1) is 5.41 Å². The second kappa shape index (κ2) is 5.86. The SMILES string of the molecule is CC(C)N(Cc1ccccc1N)C(=O)C1(C)CCCC1. The molecule has 110 valence electrons. The van der Waals surface area contributed by atoms with E-state index >= 15 is 0 Å². The van der Waals surface area contributed by atoms with Gasteiger partial charge in [-0.25, -0.2) is 0 Å². The summed E-state index contributed by atoms with van der Waals surface area (Å²) in [5, 5.41) is 0. The van der Waals surface area contributed by atoms with Crippen molar-refractivity contribution in [2.24, 2.45) is 5.41 Å². The monoisotopic (exact) mass is 274 g/mol. The summed E-state index contributed by atoms with van der Waals surface area (Å²) in [6, 6.07) is 8.01. The van der Waals surface area contributed by atoms with Gasteiger partial charge in [0.25, 0.3) is 0 Å². The molecule has 3 heteroatoms. The van der Waals surface area contributed by atoms with Crippen LogP contribution in [0.4, 0.5) is 5.69 Å². The van der Waals surface area contributed by atoms with E-state index in [0.717, 1.165) is 24.1 Å². The van der Waals surface area contributed by atoms with Crippen molar-refractivity contribution in [2.45, 2.75) is 59.0 Å². The van der Waals surface area contributed by atoms with Gasteiger partial charge in [-0.05, 0) is 38.3 Å². The fourth-order valence-corrected chi connectivity index (χ4v) is 3.07. The van der Waals surface area contributed by atoms with Crippen LogP contribution in [-0.4, -0.2) is 16.8 Å². The Morgan fingerprint density at radius 2 is 1.90 bits per heavy atom. The van der Waals surface area contributed by atoms with Gasteiger partial charge in [-0.1, -0.05) is 38.0 Å². The van der Waals surface area contributed by atoms with E-state index in [1.165, 1.54) is 12.8 Å². The van der Waals surface area contributed by atoms with Crippen LogP contribution < -0.4 is 5.73 Å². The number of nitrogens with two attached hydrogens (primary N) is 1. The Labute approximate surface area is 122 Å². The minimum Gasteiger partial charge on any atom is -0.398 e. The first-order valence-electron chi connectivity index (χ1n) is 7.58. The van der Waals surface area contributed by atoms with E-state index in [4.69, 9.17) is 5.73 Å². The Morgan fingerprint density at radius 3 is 2.45 bits per heavy atom. The van der Waals surface area contributed by atoms with E-state index in [2.05, 4.69) is 20.8 Å². The standard InChI is InChI=1S/C17H26N2O/c1-13(2)19(12-14-8-4-5-9-15(14)18)16(20)17(3)10-6-7-11-17/h4-5,8-9,13H,6-7,10-12,18H2,1-3H3. The Balaban J connectivity index is 2.19. The van der Waals surface area contributed by atoms with Crippen molar-refractivity contribution in [3.63, 3.8) is 0 Å². The molecule has 0 aliphatic heterocycles. The molecule has 0 bridgehead atoms. The quantitative estimate of drug-likeness (QED) is 0.853. The molecule has 2 rings (SSSR count). The maximum absolute atomic E-state index is 12.9. The van der Waals surface area contributed by atoms with Gasteiger partial charge in [0.1, 0.15) is 0 Å². The second-order valence-electron chi connectivity index (χ2n) is 6.49. The number of hydrogen-bond donors (Lipinski definition) is 1. The second-order valence-corrected chi connectivity index (χ2v) is 6.49. The molecule has 0 heterocycles. The number of hydrogen-bond acceptors (Lipinski definition) is 2. The predicted molar refractivity (Wildman–Crippen MR) is 83.1 cm³/mol. The van der Waals surface area contributed by atoms with Gasteiger partial charge in [0, 0.05) is 23.7 Å². The van der Waals surface area contributed by atoms with Crippen molar-refractivity contribution < 1.29 is 4.79 Å². The summed E-state index contributed by atoms with van der Waals surface area (Å²) in [7, 11) is 0. The Hall–Kier alpha value is -1.51. The number of carbonyl (C=O) groups excluding carboxylic acids is 1. The summed E-state index contributed by atoms with van der Waals surface area (Å²) in [5.41, 5.74) is 7.65. The number of benzene rings is 1. The van der Waals surface area contributed by atoms with Crippen molar-refractivity contribution >= 4 is 11.6 Å². The third kappa shape index (κ3) is 2.97. The highest BCUT2D eigenvalue weighted by molar-refractivity contribution is 5.83. The van der Waals surface area contributed by atoms with Gasteiger partial charge < -0.3 is 10.6 Å². The largest absolute Gasteiger partial charge is 0.398 e. The molecule has 3 nitrogen and oxygen atoms in total. The number of nitrogen functional groups attached to an aromatic ring is 1. The van der Waals surface area contributed by atoms with Gasteiger partial charge in [-0.2, -0.15) is 0 Å². The summed E-state index contributed by atoms with van der Waals surface area (Å²) in [6.45, 7) is 6.88. The summed E-state index contributed by atoms with van der Waals surface area (Å²) in [6.07, 6.45) is 4.36. The maximum atomic E-state index is 12.9. The number of para-hydroxylation sites is 1. The third-order valence-corrected chi connectivity index (χ3v) is 4.50. The van der Waals surface area contributed by atoms with E-state index in [9.17, 15) is 4.79 Å². The molecular formula is C17H26N2O. The van der Waals surface area contributed by atoms with E-state index in [1.54, 1.807) is 0 Å². The lowest BCUT2D eigenvalue weighted by Gasteiger charge is -2.35. The highest BCUT2D eigenvalue weighted by Crippen LogP contribution is 2.40. The molecule has 0 spiro atoms. The molecule has 1 aliphatic rings. The van der Waals surface area contributed by atoms with Crippen molar-refractivity contribution in [1.29, 1.82) is 0 Å². The van der Waals surface area contributed by atoms with Crippen LogP contribution in [0.5, 0.6) is 0 Å². The first kappa shape index (κ1) is 14.9. The van der Waals surface area contributed by atoms with Crippen LogP contribution >= 0.6 is 0 Å². The van der Waals surface area contributed by atoms with E-state index in [0.29, 0.717) is 6.54 Å². The zero-order chi connectivity index (χ0) is 14.8. The smallest absolute Gasteiger partial charge is 0.229 e. The van der Waals surface area contributed by atoms with Gasteiger partial charge in [0.15, 0.2) is 0 Å². The average Bonchev–Trinajstić information content (AvgIpc) is 2.85. The maximum Gasteiger partial charge on any atom is 0.229 e. The van der Waals surface area contributed by atoms with Crippen LogP contribution in [0.1, 0.15) is 52.0 Å². The number of nitrogens with zero attached hydrogens (tertiary/aromatic N) is 1. The van der Waals surface area contributed by atoms with Crippen molar-refractivity contribution in [3.8, 4) is 0 Å². The molecule has 0 radical (unpaired) electrons. The summed E-state index contributed by atoms with van der Waals surface area (Å²) in [5.74, 6) is 0.285. The molecule has 1 fully saturated rings. The van der Waals surface area contributed by atoms with Gasteiger partial charge >= 0.3 is 0 Å². The highest BCUT2D eigenvalue weighted by atomic mass is 16.2. The lowest BCUT2D eigenvalue weighted by Crippen LogP contribution is -2.44. The molecule has 0 saturated heterocycles. The summed E-state index contributed by atoms with van der Waals surface area (Å²) in [4.78, 5) is 14.9. The Bertz CT molecular complexity index is 476. The molecule has 1 saturated carbocycles. The minimum atomic E-state index is -0.173. The molecule has 1 aromatic rings. The number of amides is 1. The minimum absolute atomic E-state index is 0.173. The van der Waals surface area contributed by atoms with Crippen LogP contribution in [0.25, 0.3) is 0 Å². The molecule has 0 atom stereocenters. The number of carbonyl (C=O) groups is 1. The van der Waals surface area contributed by atoms with Crippen molar-refractivity contribution in [2.75, 3.05) is 5.73 Å². The van der Waals surface area contributed by atoms with Gasteiger partial charge in [0.05, 0.1) is 0 Å². The Morgan fingerprint density at radius 1 is 1.30 bits per heavy atom. The average molecular weight is 274 g/mol. The first-order valence-corrected chi connectivity index (χ1v) is 7.58. The van der Waals surface area contributed by atoms with Crippen LogP contribution in [0.3, 0.4) is 0 Å². The lowest BCUT2D eigenvalue weighted by molar-refractivity contribution is -0.143. The topological polar surface area (TPSA) is 46.3 Å². The van der Waals surface area contributed by atoms with Gasteiger partial charge in [-0.3, -0.25) is 4.79 Å². The van der Waals surface area contributed by atoms with Crippen molar-refractivity contribution in [3.05, 3.63) is 29.8 Å². The predicted octanol–water partition coefficient (Wildman–Crippen LogP) is 3.59. The molecule has 0 unspecified atom stereocenters. The molecule has 2 N–H and O–H groups in total. The van der Waals surface area contributed by atoms with Crippen LogP contribution in [0.15, 0.2) is 24.3 Å². The van der Waals surface area contributed by atoms with Gasteiger partial charge in [0.2, 0.25) is 5.91 Å². The molecule has 0 aromatic heterocycles. The first-order chi connectivity index (χ1) is 9.44. The highest BCUT2D eigenvalue weighted by Gasteiger charge is 2.39. The number of rotatable bonds is 4. The number of anilines is 1. The fourth-order valence-electron chi connectivity index (χ4n) is 3.07. The summed E-state index contributed by atoms with van der Waals surface area (Å²) < 4.78 is 0. The lowest BCUT2D eigenvalue weighted by atomic mass is 9.86. The molecule has 1 amide bonds. The zero-order valence-corrected chi connectivity index (χ0v) is 12.9. The molecule has 1 aromatic carbocycles. The molecular weight excluding hydrogens is 248 g/mol. The molecule has 20 heavy (non-hydrogen) atoms. The van der Waals surface area contributed by atoms with Crippen LogP contribution in [-0.2, 0) is 11.3 Å². The fraction of sp³-hybridized carbons (Fsp3) is 0.588. The molecule has 1 aliphatic carbocycles. The normalized spacial score (nSPS) is 17.4.